The molecule has 1 aliphatic rings. The van der Waals surface area contributed by atoms with Gasteiger partial charge >= 0.3 is 0 Å². The first-order valence-electron chi connectivity index (χ1n) is 11.9. The van der Waals surface area contributed by atoms with E-state index in [9.17, 15) is 26.8 Å². The number of allylic oxidation sites excluding steroid dienone is 4. The molecule has 1 heterocycles. The van der Waals surface area contributed by atoms with Gasteiger partial charge in [0.15, 0.2) is 5.78 Å². The zero-order chi connectivity index (χ0) is 27.9. The molecular weight excluding hydrogens is 558 g/mol. The topological polar surface area (TPSA) is 85.2 Å². The molecule has 0 saturated carbocycles. The van der Waals surface area contributed by atoms with Crippen LogP contribution in [0, 0.1) is 18.6 Å². The van der Waals surface area contributed by atoms with Gasteiger partial charge in [0, 0.05) is 39.0 Å². The third-order valence-electron chi connectivity index (χ3n) is 6.46. The number of amides is 1. The van der Waals surface area contributed by atoms with Crippen LogP contribution < -0.4 is 4.72 Å². The lowest BCUT2D eigenvalue weighted by atomic mass is 9.93. The summed E-state index contributed by atoms with van der Waals surface area (Å²) in [5.41, 5.74) is 0.830. The molecule has 6 nitrogen and oxygen atoms in total. The molecule has 0 radical (unpaired) electrons. The number of carbonyl (C=O) groups is 2. The number of Topliss-reactive ketones (excluding diaryl/α,β-unsaturated/α-hetero) is 1. The van der Waals surface area contributed by atoms with Crippen molar-refractivity contribution in [2.45, 2.75) is 32.2 Å². The summed E-state index contributed by atoms with van der Waals surface area (Å²) < 4.78 is 58.8. The van der Waals surface area contributed by atoms with Crippen molar-refractivity contribution in [3.63, 3.8) is 0 Å². The second-order valence-electron chi connectivity index (χ2n) is 9.04. The molecule has 40 heavy (non-hydrogen) atoms. The van der Waals surface area contributed by atoms with Crippen LogP contribution in [-0.4, -0.2) is 24.7 Å². The number of halogens is 3. The minimum atomic E-state index is -4.34. The number of fused-ring (bicyclic) bond motifs is 1. The Bertz CT molecular complexity index is 1840. The molecule has 1 aromatic heterocycles. The fraction of sp³-hybridized carbons (Fsp3) is 0.133. The van der Waals surface area contributed by atoms with Gasteiger partial charge in [0.1, 0.15) is 17.3 Å². The van der Waals surface area contributed by atoms with E-state index in [1.54, 1.807) is 49.4 Å². The van der Waals surface area contributed by atoms with Gasteiger partial charge in [-0.2, -0.15) is 0 Å². The molecule has 10 heteroatoms. The van der Waals surface area contributed by atoms with E-state index in [2.05, 4.69) is 4.72 Å². The van der Waals surface area contributed by atoms with Crippen LogP contribution in [0.4, 0.5) is 8.78 Å². The second-order valence-corrected chi connectivity index (χ2v) is 11.1. The van der Waals surface area contributed by atoms with Crippen molar-refractivity contribution in [1.29, 1.82) is 0 Å². The summed E-state index contributed by atoms with van der Waals surface area (Å²) >= 11 is 6.28. The van der Waals surface area contributed by atoms with E-state index in [0.717, 1.165) is 18.2 Å². The van der Waals surface area contributed by atoms with Gasteiger partial charge in [0.05, 0.1) is 11.4 Å². The third kappa shape index (κ3) is 5.35. The number of sulfonamides is 1. The fourth-order valence-corrected chi connectivity index (χ4v) is 6.06. The van der Waals surface area contributed by atoms with Crippen LogP contribution >= 0.6 is 11.6 Å². The Labute approximate surface area is 235 Å². The molecule has 0 atom stereocenters. The molecule has 1 aliphatic carbocycles. The largest absolute Gasteiger partial charge is 0.331 e. The molecule has 0 fully saturated rings. The van der Waals surface area contributed by atoms with Crippen molar-refractivity contribution in [3.05, 3.63) is 118 Å². The molecule has 1 amide bonds. The van der Waals surface area contributed by atoms with Gasteiger partial charge in [-0.25, -0.2) is 21.9 Å². The Balaban J connectivity index is 0.00000370. The molecule has 0 aliphatic heterocycles. The van der Waals surface area contributed by atoms with Gasteiger partial charge in [0.25, 0.3) is 15.9 Å². The highest BCUT2D eigenvalue weighted by Gasteiger charge is 2.31. The second kappa shape index (κ2) is 11.2. The normalized spacial score (nSPS) is 13.2. The standard InChI is InChI=1S/C29H21ClF2N2O4S.CH4/c1-17-6-2-5-9-26(17)39(37,38)33-29(36)28-27(21-7-3-4-8-25(21)35)22-15-19(30)10-13-24(22)34(28)16-18-14-20(31)11-12-23(18)32;/h2-7,9-15H,8,16H2,1H3,(H,33,36);1H4. The summed E-state index contributed by atoms with van der Waals surface area (Å²) in [6, 6.07) is 13.8. The van der Waals surface area contributed by atoms with E-state index >= 15 is 0 Å². The van der Waals surface area contributed by atoms with E-state index in [0.29, 0.717) is 21.5 Å². The van der Waals surface area contributed by atoms with E-state index in [-0.39, 0.29) is 53.5 Å². The fourth-order valence-electron chi connectivity index (χ4n) is 4.68. The number of aromatic nitrogens is 1. The lowest BCUT2D eigenvalue weighted by molar-refractivity contribution is -0.113. The first-order chi connectivity index (χ1) is 18.6. The summed E-state index contributed by atoms with van der Waals surface area (Å²) in [5.74, 6) is -2.75. The van der Waals surface area contributed by atoms with Crippen LogP contribution in [0.25, 0.3) is 16.5 Å². The van der Waals surface area contributed by atoms with Crippen molar-refractivity contribution in [3.8, 4) is 0 Å². The Hall–Kier alpha value is -4.08. The van der Waals surface area contributed by atoms with Crippen LogP contribution in [0.2, 0.25) is 5.02 Å². The lowest BCUT2D eigenvalue weighted by Gasteiger charge is -2.15. The number of aryl methyl sites for hydroxylation is 1. The third-order valence-corrected chi connectivity index (χ3v) is 8.19. The van der Waals surface area contributed by atoms with E-state index in [1.807, 2.05) is 0 Å². The Morgan fingerprint density at radius 1 is 1.07 bits per heavy atom. The maximum absolute atomic E-state index is 14.7. The summed E-state index contributed by atoms with van der Waals surface area (Å²) in [5, 5.41) is 0.685. The molecule has 1 N–H and O–H groups in total. The number of ketones is 1. The smallest absolute Gasteiger partial charge is 0.282 e. The first-order valence-corrected chi connectivity index (χ1v) is 13.7. The SMILES string of the molecule is C.Cc1ccccc1S(=O)(=O)NC(=O)c1c(C2=CC=CCC2=O)c2cc(Cl)ccc2n1Cc1cc(F)ccc1F. The molecule has 5 rings (SSSR count). The average molecular weight is 583 g/mol. The van der Waals surface area contributed by atoms with Crippen molar-refractivity contribution in [2.24, 2.45) is 0 Å². The Morgan fingerprint density at radius 2 is 1.82 bits per heavy atom. The maximum atomic E-state index is 14.7. The number of benzene rings is 3. The molecule has 0 saturated heterocycles. The monoisotopic (exact) mass is 582 g/mol. The summed E-state index contributed by atoms with van der Waals surface area (Å²) in [6.07, 6.45) is 4.91. The van der Waals surface area contributed by atoms with Crippen LogP contribution in [0.15, 0.2) is 83.8 Å². The highest BCUT2D eigenvalue weighted by molar-refractivity contribution is 7.90. The molecule has 0 bridgehead atoms. The van der Waals surface area contributed by atoms with Crippen LogP contribution in [0.5, 0.6) is 0 Å². The zero-order valence-corrected chi connectivity index (χ0v) is 22.1. The maximum Gasteiger partial charge on any atom is 0.282 e. The van der Waals surface area contributed by atoms with Crippen LogP contribution in [0.3, 0.4) is 0 Å². The lowest BCUT2D eigenvalue weighted by Crippen LogP contribution is -2.33. The van der Waals surface area contributed by atoms with E-state index in [4.69, 9.17) is 11.6 Å². The van der Waals surface area contributed by atoms with Gasteiger partial charge in [-0.3, -0.25) is 9.59 Å². The average Bonchev–Trinajstić information content (AvgIpc) is 3.19. The van der Waals surface area contributed by atoms with Gasteiger partial charge in [-0.05, 0) is 55.0 Å². The summed E-state index contributed by atoms with van der Waals surface area (Å²) in [6.45, 7) is 1.26. The van der Waals surface area contributed by atoms with Gasteiger partial charge in [-0.15, -0.1) is 0 Å². The zero-order valence-electron chi connectivity index (χ0n) is 20.5. The quantitative estimate of drug-likeness (QED) is 0.278. The number of hydrogen-bond acceptors (Lipinski definition) is 4. The first kappa shape index (κ1) is 28.9. The number of hydrogen-bond donors (Lipinski definition) is 1. The van der Waals surface area contributed by atoms with Gasteiger partial charge in [-0.1, -0.05) is 55.5 Å². The Kier molecular flexibility index (Phi) is 8.09. The summed E-state index contributed by atoms with van der Waals surface area (Å²) in [4.78, 5) is 26.8. The van der Waals surface area contributed by atoms with Crippen molar-refractivity contribution in [2.75, 3.05) is 0 Å². The van der Waals surface area contributed by atoms with Crippen LogP contribution in [-0.2, 0) is 21.4 Å². The number of carbonyl (C=O) groups excluding carboxylic acids is 2. The van der Waals surface area contributed by atoms with Crippen molar-refractivity contribution in [1.82, 2.24) is 9.29 Å². The molecular formula is C30H25ClF2N2O4S. The minimum Gasteiger partial charge on any atom is -0.331 e. The van der Waals surface area contributed by atoms with Crippen molar-refractivity contribution < 1.29 is 26.8 Å². The Morgan fingerprint density at radius 3 is 2.55 bits per heavy atom. The van der Waals surface area contributed by atoms with Crippen LogP contribution in [0.1, 0.15) is 41.0 Å². The number of nitrogens with one attached hydrogen (secondary N) is 1. The molecule has 0 spiro atoms. The van der Waals surface area contributed by atoms with Gasteiger partial charge in [0.2, 0.25) is 0 Å². The highest BCUT2D eigenvalue weighted by atomic mass is 35.5. The highest BCUT2D eigenvalue weighted by Crippen LogP contribution is 2.36. The molecule has 4 aromatic rings. The predicted octanol–water partition coefficient (Wildman–Crippen LogP) is 6.60. The number of rotatable bonds is 6. The van der Waals surface area contributed by atoms with Gasteiger partial charge < -0.3 is 4.57 Å². The molecule has 206 valence electrons. The summed E-state index contributed by atoms with van der Waals surface area (Å²) in [7, 11) is -4.34. The molecule has 3 aromatic carbocycles. The van der Waals surface area contributed by atoms with E-state index in [1.165, 1.54) is 22.8 Å². The van der Waals surface area contributed by atoms with E-state index < -0.39 is 27.6 Å². The molecule has 0 unspecified atom stereocenters. The number of nitrogens with zero attached hydrogens (tertiary/aromatic N) is 1. The minimum absolute atomic E-state index is 0. The predicted molar refractivity (Wildman–Crippen MR) is 152 cm³/mol. The van der Waals surface area contributed by atoms with Crippen molar-refractivity contribution >= 4 is 49.8 Å².